The molecule has 23 heavy (non-hydrogen) atoms. The van der Waals surface area contributed by atoms with E-state index in [0.717, 1.165) is 23.4 Å². The molecule has 2 heterocycles. The first-order valence-corrected chi connectivity index (χ1v) is 8.57. The number of aromatic nitrogens is 2. The van der Waals surface area contributed by atoms with Crippen LogP contribution in [-0.4, -0.2) is 29.2 Å². The van der Waals surface area contributed by atoms with Gasteiger partial charge >= 0.3 is 0 Å². The summed E-state index contributed by atoms with van der Waals surface area (Å²) in [6.45, 7) is 4.29. The van der Waals surface area contributed by atoms with Crippen LogP contribution >= 0.6 is 15.9 Å². The van der Waals surface area contributed by atoms with Crippen molar-refractivity contribution in [2.24, 2.45) is 5.92 Å². The molecule has 0 spiro atoms. The molecule has 1 saturated heterocycles. The Kier molecular flexibility index (Phi) is 4.91. The summed E-state index contributed by atoms with van der Waals surface area (Å²) >= 11 is 3.35. The minimum Gasteiger partial charge on any atom is -0.355 e. The van der Waals surface area contributed by atoms with E-state index >= 15 is 0 Å². The number of benzene rings is 1. The van der Waals surface area contributed by atoms with Crippen LogP contribution < -0.4 is 10.2 Å². The van der Waals surface area contributed by atoms with Gasteiger partial charge in [-0.1, -0.05) is 22.9 Å². The summed E-state index contributed by atoms with van der Waals surface area (Å²) in [5.74, 6) is 1.83. The van der Waals surface area contributed by atoms with Crippen molar-refractivity contribution in [2.75, 3.05) is 23.3 Å². The van der Waals surface area contributed by atoms with Gasteiger partial charge in [-0.2, -0.15) is 0 Å². The normalized spacial score (nSPS) is 17.8. The Bertz CT molecular complexity index is 672. The van der Waals surface area contributed by atoms with E-state index in [9.17, 15) is 4.79 Å². The summed E-state index contributed by atoms with van der Waals surface area (Å²) in [6, 6.07) is 10.9. The molecule has 1 aromatic carbocycles. The zero-order valence-corrected chi connectivity index (χ0v) is 14.6. The second-order valence-electron chi connectivity index (χ2n) is 5.93. The maximum atomic E-state index is 12.2. The topological polar surface area (TPSA) is 58.1 Å². The van der Waals surface area contributed by atoms with Crippen LogP contribution in [0.2, 0.25) is 0 Å². The Balaban J connectivity index is 1.65. The van der Waals surface area contributed by atoms with E-state index in [0.29, 0.717) is 17.3 Å². The van der Waals surface area contributed by atoms with Gasteiger partial charge in [0.05, 0.1) is 0 Å². The average Bonchev–Trinajstić information content (AvgIpc) is 2.56. The molecule has 1 atom stereocenters. The third kappa shape index (κ3) is 4.07. The molecule has 1 amide bonds. The molecule has 3 rings (SSSR count). The van der Waals surface area contributed by atoms with Crippen LogP contribution in [0.1, 0.15) is 30.1 Å². The predicted molar refractivity (Wildman–Crippen MR) is 94.7 cm³/mol. The first-order valence-electron chi connectivity index (χ1n) is 7.77. The first kappa shape index (κ1) is 15.9. The summed E-state index contributed by atoms with van der Waals surface area (Å²) in [7, 11) is 0. The van der Waals surface area contributed by atoms with Gasteiger partial charge in [0.25, 0.3) is 5.91 Å². The van der Waals surface area contributed by atoms with E-state index in [1.54, 1.807) is 18.2 Å². The maximum Gasteiger partial charge on any atom is 0.256 e. The lowest BCUT2D eigenvalue weighted by atomic mass is 10.0. The fourth-order valence-corrected chi connectivity index (χ4v) is 3.01. The fourth-order valence-electron chi connectivity index (χ4n) is 2.75. The van der Waals surface area contributed by atoms with Gasteiger partial charge < -0.3 is 10.2 Å². The number of rotatable bonds is 3. The Hall–Kier alpha value is -1.95. The Morgan fingerprint density at radius 1 is 1.22 bits per heavy atom. The SMILES string of the molecule is CC1CCCN(c2ccc(NC(=O)c3ccc(Br)cc3)nn2)C1. The van der Waals surface area contributed by atoms with E-state index in [1.807, 2.05) is 18.2 Å². The highest BCUT2D eigenvalue weighted by molar-refractivity contribution is 9.10. The molecule has 2 aromatic rings. The van der Waals surface area contributed by atoms with E-state index < -0.39 is 0 Å². The second kappa shape index (κ2) is 7.08. The number of nitrogens with zero attached hydrogens (tertiary/aromatic N) is 3. The monoisotopic (exact) mass is 374 g/mol. The number of halogens is 1. The summed E-state index contributed by atoms with van der Waals surface area (Å²) < 4.78 is 0.939. The lowest BCUT2D eigenvalue weighted by Crippen LogP contribution is -2.34. The van der Waals surface area contributed by atoms with E-state index in [4.69, 9.17) is 0 Å². The molecule has 1 aromatic heterocycles. The molecule has 1 unspecified atom stereocenters. The number of amides is 1. The van der Waals surface area contributed by atoms with E-state index in [-0.39, 0.29) is 5.91 Å². The summed E-state index contributed by atoms with van der Waals surface area (Å²) in [5.41, 5.74) is 0.587. The molecule has 6 heteroatoms. The van der Waals surface area contributed by atoms with Gasteiger partial charge in [0.2, 0.25) is 0 Å². The second-order valence-corrected chi connectivity index (χ2v) is 6.85. The molecule has 0 bridgehead atoms. The van der Waals surface area contributed by atoms with E-state index in [1.165, 1.54) is 12.8 Å². The highest BCUT2D eigenvalue weighted by Crippen LogP contribution is 2.21. The molecular weight excluding hydrogens is 356 g/mol. The van der Waals surface area contributed by atoms with Crippen LogP contribution in [0.25, 0.3) is 0 Å². The molecule has 1 N–H and O–H groups in total. The van der Waals surface area contributed by atoms with Crippen LogP contribution in [0.3, 0.4) is 0 Å². The Labute approximate surface area is 144 Å². The van der Waals surface area contributed by atoms with Crippen LogP contribution in [0, 0.1) is 5.92 Å². The number of anilines is 2. The number of hydrogen-bond donors (Lipinski definition) is 1. The summed E-state index contributed by atoms with van der Waals surface area (Å²) in [5, 5.41) is 11.2. The number of carbonyl (C=O) groups excluding carboxylic acids is 1. The lowest BCUT2D eigenvalue weighted by molar-refractivity contribution is 0.102. The molecule has 1 aliphatic rings. The zero-order chi connectivity index (χ0) is 16.2. The number of hydrogen-bond acceptors (Lipinski definition) is 4. The largest absolute Gasteiger partial charge is 0.355 e. The van der Waals surface area contributed by atoms with Crippen LogP contribution in [0.15, 0.2) is 40.9 Å². The van der Waals surface area contributed by atoms with Gasteiger partial charge in [0.1, 0.15) is 0 Å². The molecule has 120 valence electrons. The Morgan fingerprint density at radius 2 is 2.00 bits per heavy atom. The quantitative estimate of drug-likeness (QED) is 0.888. The third-order valence-electron chi connectivity index (χ3n) is 3.98. The van der Waals surface area contributed by atoms with Crippen molar-refractivity contribution in [3.8, 4) is 0 Å². The van der Waals surface area contributed by atoms with Crippen LogP contribution in [0.5, 0.6) is 0 Å². The summed E-state index contributed by atoms with van der Waals surface area (Å²) in [6.07, 6.45) is 2.45. The molecule has 1 aliphatic heterocycles. The summed E-state index contributed by atoms with van der Waals surface area (Å²) in [4.78, 5) is 14.4. The molecule has 1 fully saturated rings. The van der Waals surface area contributed by atoms with Gasteiger partial charge in [-0.3, -0.25) is 4.79 Å². The number of piperidine rings is 1. The van der Waals surface area contributed by atoms with Crippen molar-refractivity contribution in [1.82, 2.24) is 10.2 Å². The van der Waals surface area contributed by atoms with Crippen molar-refractivity contribution < 1.29 is 4.79 Å². The van der Waals surface area contributed by atoms with E-state index in [2.05, 4.69) is 43.3 Å². The first-order chi connectivity index (χ1) is 11.1. The number of carbonyl (C=O) groups is 1. The fraction of sp³-hybridized carbons (Fsp3) is 0.353. The van der Waals surface area contributed by atoms with Gasteiger partial charge in [-0.05, 0) is 55.2 Å². The number of nitrogens with one attached hydrogen (secondary N) is 1. The molecule has 0 radical (unpaired) electrons. The standard InChI is InChI=1S/C17H19BrN4O/c1-12-3-2-10-22(11-12)16-9-8-15(20-21-16)19-17(23)13-4-6-14(18)7-5-13/h4-9,12H,2-3,10-11H2,1H3,(H,19,20,23). The smallest absolute Gasteiger partial charge is 0.256 e. The van der Waals surface area contributed by atoms with Crippen molar-refractivity contribution in [3.63, 3.8) is 0 Å². The van der Waals surface area contributed by atoms with Crippen molar-refractivity contribution in [3.05, 3.63) is 46.4 Å². The lowest BCUT2D eigenvalue weighted by Gasteiger charge is -2.31. The van der Waals surface area contributed by atoms with Crippen LogP contribution in [-0.2, 0) is 0 Å². The highest BCUT2D eigenvalue weighted by Gasteiger charge is 2.18. The van der Waals surface area contributed by atoms with Crippen molar-refractivity contribution in [1.29, 1.82) is 0 Å². The van der Waals surface area contributed by atoms with Gasteiger partial charge in [-0.15, -0.1) is 10.2 Å². The van der Waals surface area contributed by atoms with Gasteiger partial charge in [0, 0.05) is 23.1 Å². The maximum absolute atomic E-state index is 12.2. The molecule has 5 nitrogen and oxygen atoms in total. The average molecular weight is 375 g/mol. The zero-order valence-electron chi connectivity index (χ0n) is 13.0. The minimum absolute atomic E-state index is 0.189. The van der Waals surface area contributed by atoms with Gasteiger partial charge in [0.15, 0.2) is 11.6 Å². The molecular formula is C17H19BrN4O. The van der Waals surface area contributed by atoms with Crippen LogP contribution in [0.4, 0.5) is 11.6 Å². The molecule has 0 aliphatic carbocycles. The van der Waals surface area contributed by atoms with Crippen molar-refractivity contribution >= 4 is 33.5 Å². The minimum atomic E-state index is -0.189. The Morgan fingerprint density at radius 3 is 2.65 bits per heavy atom. The third-order valence-corrected chi connectivity index (χ3v) is 4.51. The van der Waals surface area contributed by atoms with Crippen molar-refractivity contribution in [2.45, 2.75) is 19.8 Å². The van der Waals surface area contributed by atoms with Gasteiger partial charge in [-0.25, -0.2) is 0 Å². The highest BCUT2D eigenvalue weighted by atomic mass is 79.9. The predicted octanol–water partition coefficient (Wildman–Crippen LogP) is 3.73. The molecule has 0 saturated carbocycles.